The standard InChI is InChI=1S/C27H28N4O3S/c1-30(20-22-5-3-2-4-6-22)25-11-9-24(10-12-25)29-27(32)23-15-17-31(18-16-23)35(33,34)26-13-7-21(19-28)8-14-26/h2-14,23H,15-18,20H2,1H3,(H,29,32). The molecule has 3 aromatic rings. The molecule has 35 heavy (non-hydrogen) atoms. The number of benzene rings is 3. The minimum Gasteiger partial charge on any atom is -0.370 e. The number of hydrogen-bond acceptors (Lipinski definition) is 5. The summed E-state index contributed by atoms with van der Waals surface area (Å²) in [5, 5.41) is 11.9. The Hall–Kier alpha value is -3.67. The first-order chi connectivity index (χ1) is 16.9. The Kier molecular flexibility index (Phi) is 7.49. The van der Waals surface area contributed by atoms with Gasteiger partial charge in [0.05, 0.1) is 16.5 Å². The highest BCUT2D eigenvalue weighted by Gasteiger charge is 2.32. The van der Waals surface area contributed by atoms with Crippen molar-refractivity contribution in [3.63, 3.8) is 0 Å². The normalized spacial score (nSPS) is 14.7. The lowest BCUT2D eigenvalue weighted by Crippen LogP contribution is -2.41. The molecule has 1 aliphatic heterocycles. The van der Waals surface area contributed by atoms with E-state index in [9.17, 15) is 13.2 Å². The molecule has 1 saturated heterocycles. The fourth-order valence-corrected chi connectivity index (χ4v) is 5.67. The van der Waals surface area contributed by atoms with Gasteiger partial charge in [-0.15, -0.1) is 0 Å². The van der Waals surface area contributed by atoms with Crippen molar-refractivity contribution < 1.29 is 13.2 Å². The molecule has 0 spiro atoms. The number of piperidine rings is 1. The second kappa shape index (κ2) is 10.7. The van der Waals surface area contributed by atoms with Crippen molar-refractivity contribution in [1.29, 1.82) is 5.26 Å². The van der Waals surface area contributed by atoms with Crippen LogP contribution in [-0.4, -0.2) is 38.8 Å². The second-order valence-electron chi connectivity index (χ2n) is 8.69. The molecule has 7 nitrogen and oxygen atoms in total. The number of rotatable bonds is 7. The molecule has 0 bridgehead atoms. The van der Waals surface area contributed by atoms with Gasteiger partial charge in [-0.25, -0.2) is 8.42 Å². The van der Waals surface area contributed by atoms with Gasteiger partial charge in [-0.05, 0) is 66.9 Å². The first kappa shape index (κ1) is 24.5. The van der Waals surface area contributed by atoms with Crippen LogP contribution in [0.4, 0.5) is 11.4 Å². The number of carbonyl (C=O) groups excluding carboxylic acids is 1. The van der Waals surface area contributed by atoms with E-state index < -0.39 is 10.0 Å². The molecule has 3 aromatic carbocycles. The van der Waals surface area contributed by atoms with Crippen molar-refractivity contribution in [2.75, 3.05) is 30.4 Å². The Morgan fingerprint density at radius 2 is 1.63 bits per heavy atom. The molecule has 0 aliphatic carbocycles. The summed E-state index contributed by atoms with van der Waals surface area (Å²) in [6, 6.07) is 25.8. The highest BCUT2D eigenvalue weighted by Crippen LogP contribution is 2.26. The lowest BCUT2D eigenvalue weighted by Gasteiger charge is -2.30. The van der Waals surface area contributed by atoms with E-state index in [0.717, 1.165) is 17.9 Å². The summed E-state index contributed by atoms with van der Waals surface area (Å²) >= 11 is 0. The van der Waals surface area contributed by atoms with Crippen LogP contribution < -0.4 is 10.2 Å². The second-order valence-corrected chi connectivity index (χ2v) is 10.6. The minimum atomic E-state index is -3.64. The predicted octanol–water partition coefficient (Wildman–Crippen LogP) is 4.23. The van der Waals surface area contributed by atoms with Gasteiger partial charge in [0.15, 0.2) is 0 Å². The van der Waals surface area contributed by atoms with E-state index in [2.05, 4.69) is 22.3 Å². The Bertz CT molecular complexity index is 1290. The Morgan fingerprint density at radius 1 is 1.00 bits per heavy atom. The molecule has 1 N–H and O–H groups in total. The average molecular weight is 489 g/mol. The fraction of sp³-hybridized carbons (Fsp3) is 0.259. The van der Waals surface area contributed by atoms with Crippen LogP contribution in [0.5, 0.6) is 0 Å². The van der Waals surface area contributed by atoms with E-state index >= 15 is 0 Å². The number of carbonyl (C=O) groups is 1. The van der Waals surface area contributed by atoms with Gasteiger partial charge in [-0.3, -0.25) is 4.79 Å². The molecule has 0 aromatic heterocycles. The van der Waals surface area contributed by atoms with Gasteiger partial charge >= 0.3 is 0 Å². The first-order valence-electron chi connectivity index (χ1n) is 11.5. The van der Waals surface area contributed by atoms with Crippen LogP contribution in [-0.2, 0) is 21.4 Å². The quantitative estimate of drug-likeness (QED) is 0.537. The van der Waals surface area contributed by atoms with Crippen molar-refractivity contribution in [3.8, 4) is 6.07 Å². The molecule has 0 atom stereocenters. The number of anilines is 2. The summed E-state index contributed by atoms with van der Waals surface area (Å²) in [5.74, 6) is -0.339. The third kappa shape index (κ3) is 5.88. The van der Waals surface area contributed by atoms with E-state index in [1.807, 2.05) is 55.6 Å². The van der Waals surface area contributed by atoms with E-state index in [4.69, 9.17) is 5.26 Å². The lowest BCUT2D eigenvalue weighted by atomic mass is 9.97. The van der Waals surface area contributed by atoms with Gasteiger partial charge in [-0.2, -0.15) is 9.57 Å². The van der Waals surface area contributed by atoms with Crippen LogP contribution in [0.3, 0.4) is 0 Å². The molecule has 1 amide bonds. The molecule has 8 heteroatoms. The monoisotopic (exact) mass is 488 g/mol. The van der Waals surface area contributed by atoms with Crippen molar-refractivity contribution in [1.82, 2.24) is 4.31 Å². The predicted molar refractivity (Wildman–Crippen MR) is 136 cm³/mol. The number of nitrogens with one attached hydrogen (secondary N) is 1. The smallest absolute Gasteiger partial charge is 0.243 e. The maximum absolute atomic E-state index is 12.9. The first-order valence-corrected chi connectivity index (χ1v) is 13.0. The van der Waals surface area contributed by atoms with Gasteiger partial charge < -0.3 is 10.2 Å². The molecular formula is C27H28N4O3S. The van der Waals surface area contributed by atoms with Crippen LogP contribution in [0.2, 0.25) is 0 Å². The third-order valence-corrected chi connectivity index (χ3v) is 8.20. The minimum absolute atomic E-state index is 0.0918. The number of sulfonamides is 1. The molecule has 1 heterocycles. The summed E-state index contributed by atoms with van der Waals surface area (Å²) in [6.07, 6.45) is 0.915. The molecule has 0 saturated carbocycles. The number of amides is 1. The number of nitriles is 1. The van der Waals surface area contributed by atoms with Crippen LogP contribution in [0.25, 0.3) is 0 Å². The van der Waals surface area contributed by atoms with Crippen LogP contribution in [0, 0.1) is 17.2 Å². The van der Waals surface area contributed by atoms with Crippen LogP contribution >= 0.6 is 0 Å². The Morgan fingerprint density at radius 3 is 2.23 bits per heavy atom. The Balaban J connectivity index is 1.30. The topological polar surface area (TPSA) is 93.5 Å². The molecule has 1 aliphatic rings. The molecular weight excluding hydrogens is 460 g/mol. The van der Waals surface area contributed by atoms with Gasteiger partial charge in [0.25, 0.3) is 0 Å². The highest BCUT2D eigenvalue weighted by molar-refractivity contribution is 7.89. The van der Waals surface area contributed by atoms with Crippen molar-refractivity contribution in [2.24, 2.45) is 5.92 Å². The molecule has 180 valence electrons. The van der Waals surface area contributed by atoms with Gasteiger partial charge in [0.2, 0.25) is 15.9 Å². The zero-order valence-electron chi connectivity index (χ0n) is 19.6. The lowest BCUT2D eigenvalue weighted by molar-refractivity contribution is -0.120. The van der Waals surface area contributed by atoms with Crippen molar-refractivity contribution in [2.45, 2.75) is 24.3 Å². The molecule has 4 rings (SSSR count). The third-order valence-electron chi connectivity index (χ3n) is 6.28. The van der Waals surface area contributed by atoms with Crippen molar-refractivity contribution >= 4 is 27.3 Å². The highest BCUT2D eigenvalue weighted by atomic mass is 32.2. The summed E-state index contributed by atoms with van der Waals surface area (Å²) in [7, 11) is -1.62. The van der Waals surface area contributed by atoms with Gasteiger partial charge in [0, 0.05) is 44.0 Å². The van der Waals surface area contributed by atoms with Gasteiger partial charge in [0.1, 0.15) is 0 Å². The molecule has 1 fully saturated rings. The average Bonchev–Trinajstić information content (AvgIpc) is 2.89. The fourth-order valence-electron chi connectivity index (χ4n) is 4.20. The SMILES string of the molecule is CN(Cc1ccccc1)c1ccc(NC(=O)C2CCN(S(=O)(=O)c3ccc(C#N)cc3)CC2)cc1. The largest absolute Gasteiger partial charge is 0.370 e. The number of nitrogens with zero attached hydrogens (tertiary/aromatic N) is 3. The maximum atomic E-state index is 12.9. The molecule has 0 unspecified atom stereocenters. The van der Waals surface area contributed by atoms with Gasteiger partial charge in [-0.1, -0.05) is 30.3 Å². The zero-order valence-corrected chi connectivity index (χ0v) is 20.4. The molecule has 0 radical (unpaired) electrons. The summed E-state index contributed by atoms with van der Waals surface area (Å²) in [5.41, 5.74) is 3.41. The maximum Gasteiger partial charge on any atom is 0.243 e. The summed E-state index contributed by atoms with van der Waals surface area (Å²) in [6.45, 7) is 1.35. The van der Waals surface area contributed by atoms with E-state index in [1.165, 1.54) is 34.1 Å². The Labute approximate surface area is 206 Å². The van der Waals surface area contributed by atoms with E-state index in [1.54, 1.807) is 0 Å². The van der Waals surface area contributed by atoms with Crippen molar-refractivity contribution in [3.05, 3.63) is 90.0 Å². The van der Waals surface area contributed by atoms with E-state index in [-0.39, 0.29) is 29.8 Å². The van der Waals surface area contributed by atoms with Crippen LogP contribution in [0.1, 0.15) is 24.0 Å². The number of hydrogen-bond donors (Lipinski definition) is 1. The zero-order chi connectivity index (χ0) is 24.8. The summed E-state index contributed by atoms with van der Waals surface area (Å²) in [4.78, 5) is 15.1. The summed E-state index contributed by atoms with van der Waals surface area (Å²) < 4.78 is 27.2. The van der Waals surface area contributed by atoms with E-state index in [0.29, 0.717) is 18.4 Å². The van der Waals surface area contributed by atoms with Crippen LogP contribution in [0.15, 0.2) is 83.8 Å².